The summed E-state index contributed by atoms with van der Waals surface area (Å²) in [7, 11) is 0. The first-order valence-corrected chi connectivity index (χ1v) is 9.52. The summed E-state index contributed by atoms with van der Waals surface area (Å²) in [5.74, 6) is 0.155. The Kier molecular flexibility index (Phi) is 4.91. The number of amides is 1. The van der Waals surface area contributed by atoms with Gasteiger partial charge >= 0.3 is 0 Å². The van der Waals surface area contributed by atoms with Gasteiger partial charge in [-0.15, -0.1) is 0 Å². The van der Waals surface area contributed by atoms with Crippen LogP contribution in [-0.2, 0) is 11.3 Å². The minimum atomic E-state index is -0.432. The molecular formula is C19H23FN8O. The molecule has 3 aromatic rings. The first kappa shape index (κ1) is 18.9. The molecule has 0 aliphatic carbocycles. The van der Waals surface area contributed by atoms with Crippen molar-refractivity contribution in [2.75, 3.05) is 17.2 Å². The third-order valence-electron chi connectivity index (χ3n) is 5.07. The zero-order valence-electron chi connectivity index (χ0n) is 16.3. The highest BCUT2D eigenvalue weighted by Gasteiger charge is 2.32. The molecule has 1 fully saturated rings. The second-order valence-electron chi connectivity index (χ2n) is 7.09. The van der Waals surface area contributed by atoms with Crippen LogP contribution in [0, 0.1) is 5.82 Å². The lowest BCUT2D eigenvalue weighted by atomic mass is 10.2. The predicted octanol–water partition coefficient (Wildman–Crippen LogP) is 2.64. The maximum atomic E-state index is 14.4. The molecule has 9 nitrogen and oxygen atoms in total. The van der Waals surface area contributed by atoms with E-state index in [9.17, 15) is 9.18 Å². The van der Waals surface area contributed by atoms with E-state index >= 15 is 0 Å². The van der Waals surface area contributed by atoms with Crippen molar-refractivity contribution in [1.82, 2.24) is 29.6 Å². The number of aromatic amines is 1. The van der Waals surface area contributed by atoms with Crippen molar-refractivity contribution in [1.29, 1.82) is 0 Å². The van der Waals surface area contributed by atoms with Gasteiger partial charge in [0, 0.05) is 37.6 Å². The summed E-state index contributed by atoms with van der Waals surface area (Å²) in [4.78, 5) is 25.4. The molecule has 4 heterocycles. The highest BCUT2D eigenvalue weighted by Crippen LogP contribution is 2.28. The highest BCUT2D eigenvalue weighted by atomic mass is 19.1. The Hall–Kier alpha value is -3.43. The minimum absolute atomic E-state index is 0.0583. The van der Waals surface area contributed by atoms with Crippen LogP contribution in [0.2, 0.25) is 0 Å². The van der Waals surface area contributed by atoms with Crippen molar-refractivity contribution in [2.45, 2.75) is 38.9 Å². The minimum Gasteiger partial charge on any atom is -0.365 e. The Morgan fingerprint density at radius 3 is 3.03 bits per heavy atom. The van der Waals surface area contributed by atoms with E-state index in [1.54, 1.807) is 15.8 Å². The number of aromatic nitrogens is 5. The standard InChI is InChI=1S/C19H23FN8O/c1-4-15(29)28-10-12(6-11(28)3)23-18-16-14(20)8-21-17(16)25-19(26-18)24-13-7-22-27(5-2)9-13/h4,7-9,11-12H,1,5-6,10H2,2-3H3,(H3,21,23,24,25,26)/t11-,12+/m0/s1. The molecule has 1 amide bonds. The number of carbonyl (C=O) groups excluding carboxylic acids is 1. The highest BCUT2D eigenvalue weighted by molar-refractivity contribution is 5.90. The molecule has 2 atom stereocenters. The molecule has 0 spiro atoms. The normalized spacial score (nSPS) is 18.9. The Balaban J connectivity index is 1.61. The number of aryl methyl sites for hydroxylation is 1. The summed E-state index contributed by atoms with van der Waals surface area (Å²) in [6, 6.07) is 0.000805. The average Bonchev–Trinajstić information content (AvgIpc) is 3.40. The lowest BCUT2D eigenvalue weighted by molar-refractivity contribution is -0.126. The summed E-state index contributed by atoms with van der Waals surface area (Å²) in [5.41, 5.74) is 1.12. The van der Waals surface area contributed by atoms with Crippen LogP contribution in [0.3, 0.4) is 0 Å². The van der Waals surface area contributed by atoms with E-state index in [-0.39, 0.29) is 18.0 Å². The van der Waals surface area contributed by atoms with Crippen LogP contribution >= 0.6 is 0 Å². The number of anilines is 3. The van der Waals surface area contributed by atoms with E-state index in [4.69, 9.17) is 0 Å². The quantitative estimate of drug-likeness (QED) is 0.552. The molecule has 3 N–H and O–H groups in total. The molecular weight excluding hydrogens is 375 g/mol. The van der Waals surface area contributed by atoms with Gasteiger partial charge in [-0.25, -0.2) is 4.39 Å². The van der Waals surface area contributed by atoms with Crippen LogP contribution in [0.15, 0.2) is 31.2 Å². The number of hydrogen-bond donors (Lipinski definition) is 3. The van der Waals surface area contributed by atoms with Crippen LogP contribution in [-0.4, -0.2) is 54.2 Å². The molecule has 0 radical (unpaired) electrons. The largest absolute Gasteiger partial charge is 0.365 e. The summed E-state index contributed by atoms with van der Waals surface area (Å²) in [5, 5.41) is 10.9. The van der Waals surface area contributed by atoms with Gasteiger partial charge in [-0.1, -0.05) is 6.58 Å². The molecule has 1 saturated heterocycles. The van der Waals surface area contributed by atoms with Crippen molar-refractivity contribution in [2.24, 2.45) is 0 Å². The molecule has 0 bridgehead atoms. The number of rotatable bonds is 6. The summed E-state index contributed by atoms with van der Waals surface area (Å²) in [6.45, 7) is 8.77. The summed E-state index contributed by atoms with van der Waals surface area (Å²) < 4.78 is 16.1. The maximum absolute atomic E-state index is 14.4. The molecule has 29 heavy (non-hydrogen) atoms. The molecule has 152 valence electrons. The van der Waals surface area contributed by atoms with Crippen LogP contribution in [0.5, 0.6) is 0 Å². The third-order valence-corrected chi connectivity index (χ3v) is 5.07. The van der Waals surface area contributed by atoms with Gasteiger partial charge in [0.25, 0.3) is 0 Å². The number of fused-ring (bicyclic) bond motifs is 1. The molecule has 10 heteroatoms. The van der Waals surface area contributed by atoms with Crippen LogP contribution in [0.25, 0.3) is 11.0 Å². The van der Waals surface area contributed by atoms with Crippen molar-refractivity contribution in [3.63, 3.8) is 0 Å². The first-order chi connectivity index (χ1) is 14.0. The number of nitrogens with one attached hydrogen (secondary N) is 3. The van der Waals surface area contributed by atoms with Gasteiger partial charge < -0.3 is 20.5 Å². The molecule has 1 aliphatic rings. The Bertz CT molecular complexity index is 1060. The lowest BCUT2D eigenvalue weighted by Gasteiger charge is -2.19. The summed E-state index contributed by atoms with van der Waals surface area (Å²) in [6.07, 6.45) is 6.81. The van der Waals surface area contributed by atoms with Crippen molar-refractivity contribution in [3.05, 3.63) is 37.1 Å². The molecule has 3 aromatic heterocycles. The van der Waals surface area contributed by atoms with Gasteiger partial charge in [0.15, 0.2) is 5.82 Å². The van der Waals surface area contributed by atoms with E-state index in [0.717, 1.165) is 18.7 Å². The monoisotopic (exact) mass is 398 g/mol. The SMILES string of the molecule is C=CC(=O)N1C[C@H](Nc2nc(Nc3cnn(CC)c3)nc3[nH]cc(F)c23)C[C@@H]1C. The van der Waals surface area contributed by atoms with Crippen molar-refractivity contribution in [3.8, 4) is 0 Å². The van der Waals surface area contributed by atoms with Crippen molar-refractivity contribution < 1.29 is 9.18 Å². The van der Waals surface area contributed by atoms with E-state index in [1.165, 1.54) is 12.3 Å². The van der Waals surface area contributed by atoms with E-state index in [0.29, 0.717) is 29.3 Å². The molecule has 4 rings (SSSR count). The predicted molar refractivity (Wildman–Crippen MR) is 108 cm³/mol. The van der Waals surface area contributed by atoms with Gasteiger partial charge in [-0.2, -0.15) is 15.1 Å². The number of H-pyrrole nitrogens is 1. The smallest absolute Gasteiger partial charge is 0.246 e. The van der Waals surface area contributed by atoms with Gasteiger partial charge in [-0.05, 0) is 26.3 Å². The van der Waals surface area contributed by atoms with Crippen molar-refractivity contribution >= 4 is 34.4 Å². The Morgan fingerprint density at radius 1 is 1.48 bits per heavy atom. The van der Waals surface area contributed by atoms with E-state index in [2.05, 4.69) is 37.3 Å². The fraction of sp³-hybridized carbons (Fsp3) is 0.368. The zero-order valence-corrected chi connectivity index (χ0v) is 16.3. The summed E-state index contributed by atoms with van der Waals surface area (Å²) >= 11 is 0. The number of nitrogens with zero attached hydrogens (tertiary/aromatic N) is 5. The van der Waals surface area contributed by atoms with E-state index < -0.39 is 5.82 Å². The fourth-order valence-corrected chi connectivity index (χ4v) is 3.64. The number of hydrogen-bond acceptors (Lipinski definition) is 6. The van der Waals surface area contributed by atoms with Crippen LogP contribution in [0.4, 0.5) is 21.8 Å². The topological polar surface area (TPSA) is 104 Å². The number of halogens is 1. The van der Waals surface area contributed by atoms with Gasteiger partial charge in [0.05, 0.1) is 17.3 Å². The average molecular weight is 398 g/mol. The Morgan fingerprint density at radius 2 is 2.31 bits per heavy atom. The molecule has 0 unspecified atom stereocenters. The molecule has 1 aliphatic heterocycles. The molecule has 0 aromatic carbocycles. The second kappa shape index (κ2) is 7.53. The third kappa shape index (κ3) is 3.65. The van der Waals surface area contributed by atoms with Gasteiger partial charge in [0.2, 0.25) is 11.9 Å². The number of likely N-dealkylation sites (tertiary alicyclic amines) is 1. The van der Waals surface area contributed by atoms with Gasteiger partial charge in [0.1, 0.15) is 11.5 Å². The van der Waals surface area contributed by atoms with Crippen LogP contribution in [0.1, 0.15) is 20.3 Å². The van der Waals surface area contributed by atoms with Crippen LogP contribution < -0.4 is 10.6 Å². The molecule has 0 saturated carbocycles. The van der Waals surface area contributed by atoms with E-state index in [1.807, 2.05) is 20.0 Å². The zero-order chi connectivity index (χ0) is 20.5. The fourth-order valence-electron chi connectivity index (χ4n) is 3.64. The second-order valence-corrected chi connectivity index (χ2v) is 7.09. The number of carbonyl (C=O) groups is 1. The maximum Gasteiger partial charge on any atom is 0.246 e. The Labute approximate surface area is 167 Å². The lowest BCUT2D eigenvalue weighted by Crippen LogP contribution is -2.33. The first-order valence-electron chi connectivity index (χ1n) is 9.52. The van der Waals surface area contributed by atoms with Gasteiger partial charge in [-0.3, -0.25) is 9.48 Å².